The van der Waals surface area contributed by atoms with Gasteiger partial charge in [-0.3, -0.25) is 0 Å². The molecule has 0 radical (unpaired) electrons. The molecule has 0 aliphatic heterocycles. The zero-order valence-electron chi connectivity index (χ0n) is 9.75. The number of hydrogen-bond donors (Lipinski definition) is 1. The van der Waals surface area contributed by atoms with Gasteiger partial charge in [0.2, 0.25) is 0 Å². The first-order valence-corrected chi connectivity index (χ1v) is 6.27. The maximum Gasteiger partial charge on any atom is 0.139 e. The highest BCUT2D eigenvalue weighted by atomic mass is 79.9. The van der Waals surface area contributed by atoms with Crippen LogP contribution < -0.4 is 5.32 Å². The summed E-state index contributed by atoms with van der Waals surface area (Å²) in [5.74, 6) is -0.789. The Hall–Kier alpha value is -1.93. The van der Waals surface area contributed by atoms with E-state index in [1.165, 1.54) is 24.3 Å². The van der Waals surface area contributed by atoms with Crippen molar-refractivity contribution in [3.05, 3.63) is 63.6 Å². The zero-order valence-corrected chi connectivity index (χ0v) is 11.3. The molecular weight excluding hydrogens is 314 g/mol. The predicted octanol–water partition coefficient (Wildman–Crippen LogP) is 4.21. The molecule has 0 amide bonds. The third-order valence-electron chi connectivity index (χ3n) is 2.59. The second-order valence-corrected chi connectivity index (χ2v) is 4.75. The van der Waals surface area contributed by atoms with Crippen LogP contribution in [0.15, 0.2) is 40.9 Å². The van der Waals surface area contributed by atoms with E-state index in [0.717, 1.165) is 0 Å². The Bertz CT molecular complexity index is 650. The molecule has 0 aliphatic carbocycles. The third-order valence-corrected chi connectivity index (χ3v) is 3.23. The van der Waals surface area contributed by atoms with E-state index >= 15 is 0 Å². The topological polar surface area (TPSA) is 35.8 Å². The van der Waals surface area contributed by atoms with Gasteiger partial charge in [0.1, 0.15) is 11.6 Å². The van der Waals surface area contributed by atoms with E-state index < -0.39 is 5.82 Å². The highest BCUT2D eigenvalue weighted by Gasteiger charge is 2.05. The smallest absolute Gasteiger partial charge is 0.139 e. The maximum absolute atomic E-state index is 13.3. The van der Waals surface area contributed by atoms with E-state index in [0.29, 0.717) is 21.3 Å². The van der Waals surface area contributed by atoms with Crippen LogP contribution in [0.4, 0.5) is 14.5 Å². The normalized spacial score (nSPS) is 10.0. The van der Waals surface area contributed by atoms with Gasteiger partial charge in [0, 0.05) is 12.2 Å². The van der Waals surface area contributed by atoms with Crippen molar-refractivity contribution in [2.24, 2.45) is 0 Å². The van der Waals surface area contributed by atoms with Gasteiger partial charge in [-0.15, -0.1) is 0 Å². The second kappa shape index (κ2) is 5.81. The first kappa shape index (κ1) is 13.5. The molecule has 0 heterocycles. The zero-order chi connectivity index (χ0) is 13.8. The molecule has 19 heavy (non-hydrogen) atoms. The number of nitrogens with zero attached hydrogens (tertiary/aromatic N) is 1. The first-order chi connectivity index (χ1) is 9.10. The average Bonchev–Trinajstić information content (AvgIpc) is 2.40. The second-order valence-electron chi connectivity index (χ2n) is 3.90. The van der Waals surface area contributed by atoms with Gasteiger partial charge in [0.15, 0.2) is 0 Å². The van der Waals surface area contributed by atoms with Crippen LogP contribution in [0.5, 0.6) is 0 Å². The molecule has 0 saturated carbocycles. The molecule has 96 valence electrons. The Kier molecular flexibility index (Phi) is 4.13. The van der Waals surface area contributed by atoms with Crippen LogP contribution >= 0.6 is 15.9 Å². The maximum atomic E-state index is 13.3. The van der Waals surface area contributed by atoms with Crippen LogP contribution in [-0.2, 0) is 6.54 Å². The summed E-state index contributed by atoms with van der Waals surface area (Å²) in [6.45, 7) is 0.252. The van der Waals surface area contributed by atoms with E-state index in [9.17, 15) is 8.78 Å². The lowest BCUT2D eigenvalue weighted by Crippen LogP contribution is -2.02. The van der Waals surface area contributed by atoms with Crippen molar-refractivity contribution in [3.8, 4) is 6.07 Å². The fourth-order valence-corrected chi connectivity index (χ4v) is 1.87. The first-order valence-electron chi connectivity index (χ1n) is 5.47. The van der Waals surface area contributed by atoms with Gasteiger partial charge in [0.25, 0.3) is 0 Å². The highest BCUT2D eigenvalue weighted by molar-refractivity contribution is 9.10. The predicted molar refractivity (Wildman–Crippen MR) is 72.5 cm³/mol. The fourth-order valence-electron chi connectivity index (χ4n) is 1.62. The van der Waals surface area contributed by atoms with Gasteiger partial charge in [-0.1, -0.05) is 0 Å². The van der Waals surface area contributed by atoms with Crippen LogP contribution in [0.3, 0.4) is 0 Å². The van der Waals surface area contributed by atoms with Gasteiger partial charge in [-0.25, -0.2) is 8.78 Å². The quantitative estimate of drug-likeness (QED) is 0.918. The summed E-state index contributed by atoms with van der Waals surface area (Å²) < 4.78 is 26.8. The minimum Gasteiger partial charge on any atom is -0.381 e. The van der Waals surface area contributed by atoms with Crippen LogP contribution in [0.2, 0.25) is 0 Å². The largest absolute Gasteiger partial charge is 0.381 e. The molecule has 2 rings (SSSR count). The molecule has 0 aliphatic rings. The molecule has 0 aromatic heterocycles. The fraction of sp³-hybridized carbons (Fsp3) is 0.0714. The van der Waals surface area contributed by atoms with Crippen molar-refractivity contribution < 1.29 is 8.78 Å². The van der Waals surface area contributed by atoms with E-state index in [1.807, 2.05) is 6.07 Å². The number of halogens is 3. The molecule has 2 nitrogen and oxygen atoms in total. The van der Waals surface area contributed by atoms with E-state index in [2.05, 4.69) is 21.2 Å². The molecule has 0 fully saturated rings. The van der Waals surface area contributed by atoms with Crippen molar-refractivity contribution in [1.29, 1.82) is 5.26 Å². The lowest BCUT2D eigenvalue weighted by molar-refractivity contribution is 0.621. The average molecular weight is 323 g/mol. The molecule has 5 heteroatoms. The summed E-state index contributed by atoms with van der Waals surface area (Å²) in [7, 11) is 0. The minimum absolute atomic E-state index is 0.252. The summed E-state index contributed by atoms with van der Waals surface area (Å²) in [6, 6.07) is 10.5. The summed E-state index contributed by atoms with van der Waals surface area (Å²) in [6.07, 6.45) is 0. The Labute approximate surface area is 117 Å². The number of anilines is 1. The van der Waals surface area contributed by atoms with Gasteiger partial charge in [-0.05, 0) is 57.9 Å². The van der Waals surface area contributed by atoms with Gasteiger partial charge >= 0.3 is 0 Å². The van der Waals surface area contributed by atoms with Crippen LogP contribution in [0.1, 0.15) is 11.1 Å². The lowest BCUT2D eigenvalue weighted by Gasteiger charge is -2.08. The lowest BCUT2D eigenvalue weighted by atomic mass is 10.1. The number of nitriles is 1. The Morgan fingerprint density at radius 3 is 2.63 bits per heavy atom. The number of hydrogen-bond acceptors (Lipinski definition) is 2. The number of nitrogens with one attached hydrogen (secondary N) is 1. The van der Waals surface area contributed by atoms with Crippen molar-refractivity contribution in [1.82, 2.24) is 0 Å². The molecule has 0 saturated heterocycles. The standard InChI is InChI=1S/C14H9BrF2N2/c15-13-4-3-12(6-14(13)17)19-8-10-5-11(16)2-1-9(10)7-18/h1-6,19H,8H2. The van der Waals surface area contributed by atoms with Crippen molar-refractivity contribution >= 4 is 21.6 Å². The Balaban J connectivity index is 2.16. The monoisotopic (exact) mass is 322 g/mol. The molecule has 2 aromatic carbocycles. The van der Waals surface area contributed by atoms with Gasteiger partial charge in [0.05, 0.1) is 16.1 Å². The van der Waals surface area contributed by atoms with Crippen LogP contribution in [0, 0.1) is 23.0 Å². The van der Waals surface area contributed by atoms with Crippen LogP contribution in [0.25, 0.3) is 0 Å². The molecule has 0 unspecified atom stereocenters. The molecule has 2 aromatic rings. The molecule has 1 N–H and O–H groups in total. The Morgan fingerprint density at radius 2 is 1.95 bits per heavy atom. The molecule has 0 spiro atoms. The van der Waals surface area contributed by atoms with E-state index in [1.54, 1.807) is 12.1 Å². The molecule has 0 bridgehead atoms. The van der Waals surface area contributed by atoms with Gasteiger partial charge in [-0.2, -0.15) is 5.26 Å². The van der Waals surface area contributed by atoms with E-state index in [4.69, 9.17) is 5.26 Å². The van der Waals surface area contributed by atoms with Crippen molar-refractivity contribution in [2.45, 2.75) is 6.54 Å². The SMILES string of the molecule is N#Cc1ccc(F)cc1CNc1ccc(Br)c(F)c1. The Morgan fingerprint density at radius 1 is 1.16 bits per heavy atom. The van der Waals surface area contributed by atoms with Crippen molar-refractivity contribution in [3.63, 3.8) is 0 Å². The van der Waals surface area contributed by atoms with Gasteiger partial charge < -0.3 is 5.32 Å². The summed E-state index contributed by atoms with van der Waals surface area (Å²) in [5, 5.41) is 11.9. The minimum atomic E-state index is -0.405. The number of rotatable bonds is 3. The van der Waals surface area contributed by atoms with Crippen molar-refractivity contribution in [2.75, 3.05) is 5.32 Å². The van der Waals surface area contributed by atoms with E-state index in [-0.39, 0.29) is 12.4 Å². The number of benzene rings is 2. The highest BCUT2D eigenvalue weighted by Crippen LogP contribution is 2.20. The molecular formula is C14H9BrF2N2. The molecule has 0 atom stereocenters. The third kappa shape index (κ3) is 3.30. The van der Waals surface area contributed by atoms with Crippen LogP contribution in [-0.4, -0.2) is 0 Å². The summed E-state index contributed by atoms with van der Waals surface area (Å²) in [5.41, 5.74) is 1.49. The summed E-state index contributed by atoms with van der Waals surface area (Å²) in [4.78, 5) is 0. The summed E-state index contributed by atoms with van der Waals surface area (Å²) >= 11 is 3.06.